The van der Waals surface area contributed by atoms with E-state index in [1.807, 2.05) is 12.3 Å². The van der Waals surface area contributed by atoms with Crippen LogP contribution in [-0.4, -0.2) is 42.2 Å². The highest BCUT2D eigenvalue weighted by Crippen LogP contribution is 2.17. The Hall–Kier alpha value is -2.14. The molecule has 0 radical (unpaired) electrons. The number of benzene rings is 1. The first kappa shape index (κ1) is 15.7. The van der Waals surface area contributed by atoms with E-state index in [1.54, 1.807) is 22.8 Å². The summed E-state index contributed by atoms with van der Waals surface area (Å²) in [6.45, 7) is 1.77. The van der Waals surface area contributed by atoms with Gasteiger partial charge in [0.05, 0.1) is 12.7 Å². The second-order valence-electron chi connectivity index (χ2n) is 6.20. The second-order valence-corrected chi connectivity index (χ2v) is 6.20. The van der Waals surface area contributed by atoms with Crippen LogP contribution in [0.2, 0.25) is 0 Å². The zero-order chi connectivity index (χ0) is 16.4. The summed E-state index contributed by atoms with van der Waals surface area (Å²) in [4.78, 5) is 26.8. The molecule has 3 rings (SSSR count). The fourth-order valence-corrected chi connectivity index (χ4v) is 3.27. The highest BCUT2D eigenvalue weighted by Gasteiger charge is 2.20. The van der Waals surface area contributed by atoms with Crippen LogP contribution in [0.1, 0.15) is 29.6 Å². The Balaban J connectivity index is 1.96. The standard InChI is InChI=1S/C18H22N2O3/c1-19-9-4-3-5-15(19)12-20-10-8-13-6-7-14(18(22)23-2)11-16(13)17(20)21/h6-8,10-11,15H,3-5,9,12H2,1-2H3. The molecule has 0 bridgehead atoms. The van der Waals surface area contributed by atoms with E-state index in [0.717, 1.165) is 18.4 Å². The zero-order valence-corrected chi connectivity index (χ0v) is 13.6. The summed E-state index contributed by atoms with van der Waals surface area (Å²) >= 11 is 0. The predicted molar refractivity (Wildman–Crippen MR) is 89.8 cm³/mol. The van der Waals surface area contributed by atoms with Gasteiger partial charge in [-0.05, 0) is 50.0 Å². The smallest absolute Gasteiger partial charge is 0.337 e. The molecule has 1 aromatic heterocycles. The average molecular weight is 314 g/mol. The molecule has 1 saturated heterocycles. The molecule has 1 aliphatic rings. The van der Waals surface area contributed by atoms with Crippen molar-refractivity contribution in [1.82, 2.24) is 9.47 Å². The van der Waals surface area contributed by atoms with Gasteiger partial charge in [0.1, 0.15) is 0 Å². The van der Waals surface area contributed by atoms with E-state index in [1.165, 1.54) is 20.0 Å². The van der Waals surface area contributed by atoms with Crippen LogP contribution in [0.25, 0.3) is 10.8 Å². The van der Waals surface area contributed by atoms with Crippen molar-refractivity contribution in [1.29, 1.82) is 0 Å². The number of carbonyl (C=O) groups is 1. The molecule has 1 aromatic carbocycles. The number of aromatic nitrogens is 1. The number of pyridine rings is 1. The van der Waals surface area contributed by atoms with E-state index in [4.69, 9.17) is 4.74 Å². The maximum absolute atomic E-state index is 12.8. The summed E-state index contributed by atoms with van der Waals surface area (Å²) < 4.78 is 6.50. The Bertz CT molecular complexity index is 781. The lowest BCUT2D eigenvalue weighted by molar-refractivity contribution is 0.0601. The molecule has 5 nitrogen and oxygen atoms in total. The summed E-state index contributed by atoms with van der Waals surface area (Å²) in [7, 11) is 3.46. The van der Waals surface area contributed by atoms with Gasteiger partial charge >= 0.3 is 5.97 Å². The van der Waals surface area contributed by atoms with Crippen molar-refractivity contribution in [2.75, 3.05) is 20.7 Å². The molecule has 23 heavy (non-hydrogen) atoms. The van der Waals surface area contributed by atoms with Crippen LogP contribution in [0.15, 0.2) is 35.3 Å². The summed E-state index contributed by atoms with van der Waals surface area (Å²) in [6, 6.07) is 7.43. The first-order valence-corrected chi connectivity index (χ1v) is 8.02. The number of nitrogens with zero attached hydrogens (tertiary/aromatic N) is 2. The van der Waals surface area contributed by atoms with E-state index >= 15 is 0 Å². The zero-order valence-electron chi connectivity index (χ0n) is 13.6. The minimum atomic E-state index is -0.422. The van der Waals surface area contributed by atoms with Gasteiger partial charge < -0.3 is 14.2 Å². The van der Waals surface area contributed by atoms with Crippen LogP contribution in [0, 0.1) is 0 Å². The largest absolute Gasteiger partial charge is 0.465 e. The van der Waals surface area contributed by atoms with Crippen molar-refractivity contribution >= 4 is 16.7 Å². The van der Waals surface area contributed by atoms with Crippen molar-refractivity contribution in [3.63, 3.8) is 0 Å². The van der Waals surface area contributed by atoms with Crippen molar-refractivity contribution < 1.29 is 9.53 Å². The molecule has 0 spiro atoms. The first-order valence-electron chi connectivity index (χ1n) is 8.02. The quantitative estimate of drug-likeness (QED) is 0.816. The van der Waals surface area contributed by atoms with Crippen LogP contribution < -0.4 is 5.56 Å². The Morgan fingerprint density at radius 3 is 2.87 bits per heavy atom. The molecule has 1 unspecified atom stereocenters. The molecular formula is C18H22N2O3. The average Bonchev–Trinajstić information content (AvgIpc) is 2.58. The van der Waals surface area contributed by atoms with Crippen LogP contribution in [0.5, 0.6) is 0 Å². The molecule has 1 atom stereocenters. The van der Waals surface area contributed by atoms with Crippen LogP contribution in [0.4, 0.5) is 0 Å². The number of hydrogen-bond acceptors (Lipinski definition) is 4. The van der Waals surface area contributed by atoms with E-state index in [9.17, 15) is 9.59 Å². The van der Waals surface area contributed by atoms with Crippen LogP contribution >= 0.6 is 0 Å². The molecule has 5 heteroatoms. The van der Waals surface area contributed by atoms with Crippen molar-refractivity contribution in [3.05, 3.63) is 46.4 Å². The van der Waals surface area contributed by atoms with E-state index in [2.05, 4.69) is 11.9 Å². The number of rotatable bonds is 3. The maximum Gasteiger partial charge on any atom is 0.337 e. The fourth-order valence-electron chi connectivity index (χ4n) is 3.27. The molecule has 0 amide bonds. The SMILES string of the molecule is COC(=O)c1ccc2ccn(CC3CCCCN3C)c(=O)c2c1. The summed E-state index contributed by atoms with van der Waals surface area (Å²) in [5.74, 6) is -0.422. The minimum absolute atomic E-state index is 0.0489. The number of methoxy groups -OCH3 is 1. The van der Waals surface area contributed by atoms with Gasteiger partial charge in [0.15, 0.2) is 0 Å². The third kappa shape index (κ3) is 3.15. The number of hydrogen-bond donors (Lipinski definition) is 0. The van der Waals surface area contributed by atoms with Gasteiger partial charge in [-0.15, -0.1) is 0 Å². The Kier molecular flexibility index (Phi) is 4.48. The second kappa shape index (κ2) is 6.54. The van der Waals surface area contributed by atoms with Gasteiger partial charge in [0.25, 0.3) is 5.56 Å². The molecule has 2 heterocycles. The lowest BCUT2D eigenvalue weighted by Crippen LogP contribution is -2.41. The van der Waals surface area contributed by atoms with Crippen LogP contribution in [-0.2, 0) is 11.3 Å². The Labute approximate surface area is 135 Å². The number of ether oxygens (including phenoxy) is 1. The molecule has 1 fully saturated rings. The van der Waals surface area contributed by atoms with Crippen LogP contribution in [0.3, 0.4) is 0 Å². The van der Waals surface area contributed by atoms with Gasteiger partial charge in [-0.1, -0.05) is 12.5 Å². The molecule has 1 aliphatic heterocycles. The maximum atomic E-state index is 12.8. The summed E-state index contributed by atoms with van der Waals surface area (Å²) in [5, 5.41) is 1.41. The summed E-state index contributed by atoms with van der Waals surface area (Å²) in [6.07, 6.45) is 5.40. The van der Waals surface area contributed by atoms with E-state index < -0.39 is 5.97 Å². The topological polar surface area (TPSA) is 51.5 Å². The van der Waals surface area contributed by atoms with Gasteiger partial charge in [0.2, 0.25) is 0 Å². The Morgan fingerprint density at radius 2 is 2.13 bits per heavy atom. The third-order valence-corrected chi connectivity index (χ3v) is 4.73. The highest BCUT2D eigenvalue weighted by atomic mass is 16.5. The molecular weight excluding hydrogens is 292 g/mol. The van der Waals surface area contributed by atoms with E-state index in [0.29, 0.717) is 23.5 Å². The molecule has 2 aromatic rings. The highest BCUT2D eigenvalue weighted by molar-refractivity contribution is 5.95. The molecule has 0 N–H and O–H groups in total. The predicted octanol–water partition coefficient (Wildman–Crippen LogP) is 2.27. The number of likely N-dealkylation sites (tertiary alicyclic amines) is 1. The molecule has 0 saturated carbocycles. The van der Waals surface area contributed by atoms with Gasteiger partial charge in [0, 0.05) is 24.2 Å². The van der Waals surface area contributed by atoms with Crippen molar-refractivity contribution in [2.24, 2.45) is 0 Å². The van der Waals surface area contributed by atoms with Gasteiger partial charge in [-0.2, -0.15) is 0 Å². The minimum Gasteiger partial charge on any atom is -0.465 e. The number of piperidine rings is 1. The van der Waals surface area contributed by atoms with Gasteiger partial charge in [-0.3, -0.25) is 4.79 Å². The molecule has 122 valence electrons. The monoisotopic (exact) mass is 314 g/mol. The van der Waals surface area contributed by atoms with Gasteiger partial charge in [-0.25, -0.2) is 4.79 Å². The number of carbonyl (C=O) groups excluding carboxylic acids is 1. The van der Waals surface area contributed by atoms with Crippen molar-refractivity contribution in [2.45, 2.75) is 31.8 Å². The number of fused-ring (bicyclic) bond motifs is 1. The Morgan fingerprint density at radius 1 is 1.30 bits per heavy atom. The van der Waals surface area contributed by atoms with E-state index in [-0.39, 0.29) is 5.56 Å². The lowest BCUT2D eigenvalue weighted by Gasteiger charge is -2.32. The third-order valence-electron chi connectivity index (χ3n) is 4.73. The lowest BCUT2D eigenvalue weighted by atomic mass is 10.0. The fraction of sp³-hybridized carbons (Fsp3) is 0.444. The normalized spacial score (nSPS) is 19.0. The first-order chi connectivity index (χ1) is 11.1. The van der Waals surface area contributed by atoms with Crippen molar-refractivity contribution in [3.8, 4) is 0 Å². The number of likely N-dealkylation sites (N-methyl/N-ethyl adjacent to an activating group) is 1. The summed E-state index contributed by atoms with van der Waals surface area (Å²) in [5.41, 5.74) is 0.358. The number of esters is 1. The molecule has 0 aliphatic carbocycles.